The van der Waals surface area contributed by atoms with Crippen LogP contribution in [0.15, 0.2) is 48.1 Å². The molecule has 5 heteroatoms. The first-order valence-corrected chi connectivity index (χ1v) is 11.4. The van der Waals surface area contributed by atoms with Gasteiger partial charge in [0, 0.05) is 37.9 Å². The molecule has 1 amide bonds. The molecule has 30 heavy (non-hydrogen) atoms. The van der Waals surface area contributed by atoms with Gasteiger partial charge in [-0.25, -0.2) is 0 Å². The smallest absolute Gasteiger partial charge is 0.222 e. The number of hydrogen-bond donors (Lipinski definition) is 2. The zero-order valence-electron chi connectivity index (χ0n) is 18.0. The number of allylic oxidation sites excluding steroid dienone is 2. The fourth-order valence-corrected chi connectivity index (χ4v) is 4.96. The number of hydrogen-bond acceptors (Lipinski definition) is 3. The minimum atomic E-state index is -0.569. The van der Waals surface area contributed by atoms with Crippen molar-refractivity contribution < 1.29 is 15.0 Å². The van der Waals surface area contributed by atoms with Gasteiger partial charge in [0.15, 0.2) is 0 Å². The maximum absolute atomic E-state index is 11.7. The number of aliphatic hydroxyl groups excluding tert-OH is 2. The summed E-state index contributed by atoms with van der Waals surface area (Å²) in [6, 6.07) is 7.53. The molecule has 0 aliphatic heterocycles. The number of amides is 1. The lowest BCUT2D eigenvalue weighted by Gasteiger charge is -2.19. The van der Waals surface area contributed by atoms with Crippen molar-refractivity contribution in [3.63, 3.8) is 0 Å². The number of carbonyl (C=O) groups is 1. The fourth-order valence-electron chi connectivity index (χ4n) is 4.83. The van der Waals surface area contributed by atoms with E-state index in [1.165, 1.54) is 5.57 Å². The molecule has 5 atom stereocenters. The van der Waals surface area contributed by atoms with E-state index in [4.69, 9.17) is 11.6 Å². The van der Waals surface area contributed by atoms with Gasteiger partial charge in [0.1, 0.15) is 0 Å². The first-order valence-electron chi connectivity index (χ1n) is 11.0. The Morgan fingerprint density at radius 3 is 2.70 bits per heavy atom. The Balaban J connectivity index is 1.47. The Morgan fingerprint density at radius 1 is 1.27 bits per heavy atom. The number of aliphatic hydroxyl groups is 2. The van der Waals surface area contributed by atoms with Crippen LogP contribution >= 0.6 is 11.6 Å². The van der Waals surface area contributed by atoms with Gasteiger partial charge < -0.3 is 15.1 Å². The van der Waals surface area contributed by atoms with E-state index in [0.29, 0.717) is 29.7 Å². The second-order valence-electron chi connectivity index (χ2n) is 9.02. The van der Waals surface area contributed by atoms with Crippen molar-refractivity contribution in [1.82, 2.24) is 4.90 Å². The molecule has 0 aromatic heterocycles. The molecule has 0 heterocycles. The minimum absolute atomic E-state index is 0.0962. The summed E-state index contributed by atoms with van der Waals surface area (Å²) < 4.78 is 0. The normalized spacial score (nSPS) is 26.6. The molecule has 2 aliphatic carbocycles. The summed E-state index contributed by atoms with van der Waals surface area (Å²) in [6.07, 6.45) is 11.3. The molecule has 3 rings (SSSR count). The van der Waals surface area contributed by atoms with Crippen LogP contribution in [0.5, 0.6) is 0 Å². The molecule has 0 saturated heterocycles. The maximum Gasteiger partial charge on any atom is 0.222 e. The van der Waals surface area contributed by atoms with Crippen LogP contribution in [-0.2, 0) is 11.2 Å². The molecule has 164 valence electrons. The highest BCUT2D eigenvalue weighted by Gasteiger charge is 2.43. The summed E-state index contributed by atoms with van der Waals surface area (Å²) in [7, 11) is 3.60. The van der Waals surface area contributed by atoms with Crippen LogP contribution in [0, 0.1) is 17.8 Å². The van der Waals surface area contributed by atoms with Crippen molar-refractivity contribution in [2.24, 2.45) is 17.8 Å². The van der Waals surface area contributed by atoms with Gasteiger partial charge in [0.2, 0.25) is 5.91 Å². The van der Waals surface area contributed by atoms with Gasteiger partial charge in [0.05, 0.1) is 12.2 Å². The molecule has 1 saturated carbocycles. The third-order valence-corrected chi connectivity index (χ3v) is 6.75. The van der Waals surface area contributed by atoms with Crippen molar-refractivity contribution in [1.29, 1.82) is 0 Å². The molecule has 0 radical (unpaired) electrons. The van der Waals surface area contributed by atoms with Crippen LogP contribution < -0.4 is 0 Å². The van der Waals surface area contributed by atoms with E-state index in [1.54, 1.807) is 19.0 Å². The summed E-state index contributed by atoms with van der Waals surface area (Å²) in [4.78, 5) is 13.3. The first kappa shape index (κ1) is 23.1. The highest BCUT2D eigenvalue weighted by atomic mass is 35.5. The molecule has 4 nitrogen and oxygen atoms in total. The quantitative estimate of drug-likeness (QED) is 0.450. The third-order valence-electron chi connectivity index (χ3n) is 6.50. The lowest BCUT2D eigenvalue weighted by Crippen LogP contribution is -2.21. The van der Waals surface area contributed by atoms with Crippen LogP contribution in [0.1, 0.15) is 44.1 Å². The second-order valence-corrected chi connectivity index (χ2v) is 9.45. The number of halogens is 1. The summed E-state index contributed by atoms with van der Waals surface area (Å²) in [6.45, 7) is 0. The standard InChI is InChI=1S/C25H34ClNO3/c1-27(2)25(30)6-4-3-5-18-13-19-16-24(29)22(23(19)15-18)12-11-21(28)14-17-7-9-20(26)10-8-17/h7-13,19,21-24,28-29H,3-6,14-16H2,1-2H3/b12-11+/t19-,21+,22+,23-,24+/m0/s1. The predicted molar refractivity (Wildman–Crippen MR) is 121 cm³/mol. The molecule has 0 bridgehead atoms. The molecular weight excluding hydrogens is 398 g/mol. The predicted octanol–water partition coefficient (Wildman–Crippen LogP) is 4.39. The molecule has 0 spiro atoms. The second kappa shape index (κ2) is 10.6. The van der Waals surface area contributed by atoms with E-state index in [0.717, 1.165) is 37.7 Å². The Hall–Kier alpha value is -1.62. The van der Waals surface area contributed by atoms with E-state index >= 15 is 0 Å². The number of carbonyl (C=O) groups excluding carboxylic acids is 1. The highest BCUT2D eigenvalue weighted by Crippen LogP contribution is 2.48. The summed E-state index contributed by atoms with van der Waals surface area (Å²) in [5.74, 6) is 1.15. The van der Waals surface area contributed by atoms with Crippen LogP contribution in [0.2, 0.25) is 5.02 Å². The van der Waals surface area contributed by atoms with Crippen LogP contribution in [0.25, 0.3) is 0 Å². The van der Waals surface area contributed by atoms with Crippen LogP contribution in [-0.4, -0.2) is 47.3 Å². The van der Waals surface area contributed by atoms with Gasteiger partial charge in [-0.1, -0.05) is 47.5 Å². The van der Waals surface area contributed by atoms with E-state index in [1.807, 2.05) is 36.4 Å². The number of rotatable bonds is 9. The van der Waals surface area contributed by atoms with Crippen molar-refractivity contribution >= 4 is 17.5 Å². The third kappa shape index (κ3) is 6.19. The largest absolute Gasteiger partial charge is 0.392 e. The zero-order chi connectivity index (χ0) is 21.7. The van der Waals surface area contributed by atoms with Crippen molar-refractivity contribution in [2.75, 3.05) is 14.1 Å². The van der Waals surface area contributed by atoms with E-state index in [9.17, 15) is 15.0 Å². The number of unbranched alkanes of at least 4 members (excludes halogenated alkanes) is 1. The van der Waals surface area contributed by atoms with Gasteiger partial charge in [0.25, 0.3) is 0 Å². The summed E-state index contributed by atoms with van der Waals surface area (Å²) >= 11 is 5.91. The molecule has 1 aromatic carbocycles. The average Bonchev–Trinajstić information content (AvgIpc) is 3.21. The fraction of sp³-hybridized carbons (Fsp3) is 0.560. The lowest BCUT2D eigenvalue weighted by atomic mass is 9.88. The highest BCUT2D eigenvalue weighted by molar-refractivity contribution is 6.30. The molecule has 0 unspecified atom stereocenters. The maximum atomic E-state index is 11.7. The van der Waals surface area contributed by atoms with Crippen molar-refractivity contribution in [3.05, 3.63) is 58.7 Å². The van der Waals surface area contributed by atoms with Gasteiger partial charge in [-0.3, -0.25) is 4.79 Å². The van der Waals surface area contributed by atoms with Crippen molar-refractivity contribution in [3.8, 4) is 0 Å². The Kier molecular flexibility index (Phi) is 8.15. The topological polar surface area (TPSA) is 60.8 Å². The number of benzene rings is 1. The lowest BCUT2D eigenvalue weighted by molar-refractivity contribution is -0.128. The number of fused-ring (bicyclic) bond motifs is 1. The molecule has 1 aromatic rings. The van der Waals surface area contributed by atoms with Gasteiger partial charge in [-0.05, 0) is 61.6 Å². The average molecular weight is 432 g/mol. The van der Waals surface area contributed by atoms with Gasteiger partial charge in [-0.2, -0.15) is 0 Å². The number of nitrogens with zero attached hydrogens (tertiary/aromatic N) is 1. The SMILES string of the molecule is CN(C)C(=O)CCCCC1=C[C@H]2C[C@@H](O)[C@H](/C=C/[C@@H](O)Cc3ccc(Cl)cc3)[C@H]2C1. The molecule has 1 fully saturated rings. The van der Waals surface area contributed by atoms with Crippen molar-refractivity contribution in [2.45, 2.75) is 57.2 Å². The molecule has 2 aliphatic rings. The molecule has 2 N–H and O–H groups in total. The van der Waals surface area contributed by atoms with E-state index < -0.39 is 6.10 Å². The first-order chi connectivity index (χ1) is 14.3. The van der Waals surface area contributed by atoms with Gasteiger partial charge in [-0.15, -0.1) is 0 Å². The van der Waals surface area contributed by atoms with E-state index in [-0.39, 0.29) is 17.9 Å². The monoisotopic (exact) mass is 431 g/mol. The Labute approximate surface area is 185 Å². The van der Waals surface area contributed by atoms with Crippen LogP contribution in [0.3, 0.4) is 0 Å². The van der Waals surface area contributed by atoms with E-state index in [2.05, 4.69) is 6.08 Å². The van der Waals surface area contributed by atoms with Gasteiger partial charge >= 0.3 is 0 Å². The Bertz CT molecular complexity index is 771. The summed E-state index contributed by atoms with van der Waals surface area (Å²) in [5, 5.41) is 21.6. The Morgan fingerprint density at radius 2 is 2.00 bits per heavy atom. The van der Waals surface area contributed by atoms with Crippen LogP contribution in [0.4, 0.5) is 0 Å². The minimum Gasteiger partial charge on any atom is -0.392 e. The summed E-state index contributed by atoms with van der Waals surface area (Å²) in [5.41, 5.74) is 2.51. The molecular formula is C25H34ClNO3. The zero-order valence-corrected chi connectivity index (χ0v) is 18.8.